The summed E-state index contributed by atoms with van der Waals surface area (Å²) < 4.78 is 22.2. The Bertz CT molecular complexity index is 732. The summed E-state index contributed by atoms with van der Waals surface area (Å²) in [6, 6.07) is 0. The number of imidazole rings is 1. The summed E-state index contributed by atoms with van der Waals surface area (Å²) in [6.45, 7) is -0.425. The fourth-order valence-corrected chi connectivity index (χ4v) is 2.63. The number of phosphoric ester groups is 1. The average Bonchev–Trinajstić information content (AvgIpc) is 3.00. The summed E-state index contributed by atoms with van der Waals surface area (Å²) in [5.41, 5.74) is 6.55. The molecule has 0 radical (unpaired) electrons. The molecule has 1 saturated heterocycles. The first-order chi connectivity index (χ1) is 10.3. The third kappa shape index (κ3) is 2.95. The fraction of sp³-hybridized carbons (Fsp3) is 0.500. The van der Waals surface area contributed by atoms with Crippen molar-refractivity contribution in [2.45, 2.75) is 24.9 Å². The van der Waals surface area contributed by atoms with E-state index in [0.29, 0.717) is 11.2 Å². The van der Waals surface area contributed by atoms with Gasteiger partial charge in [0.15, 0.2) is 11.5 Å². The van der Waals surface area contributed by atoms with Gasteiger partial charge in [-0.1, -0.05) is 0 Å². The van der Waals surface area contributed by atoms with E-state index in [2.05, 4.69) is 19.5 Å². The molecular formula is C10H14N5O6P. The average molecular weight is 331 g/mol. The maximum atomic E-state index is 10.7. The molecule has 3 atom stereocenters. The van der Waals surface area contributed by atoms with E-state index in [9.17, 15) is 9.67 Å². The van der Waals surface area contributed by atoms with Crippen molar-refractivity contribution in [2.24, 2.45) is 0 Å². The van der Waals surface area contributed by atoms with Gasteiger partial charge in [0.1, 0.15) is 24.2 Å². The van der Waals surface area contributed by atoms with E-state index >= 15 is 0 Å². The first-order valence-electron chi connectivity index (χ1n) is 6.32. The first-order valence-corrected chi connectivity index (χ1v) is 7.85. The number of ether oxygens (including phenoxy) is 1. The quantitative estimate of drug-likeness (QED) is 0.519. The number of aromatic nitrogens is 4. The van der Waals surface area contributed by atoms with E-state index in [-0.39, 0.29) is 12.2 Å². The van der Waals surface area contributed by atoms with Crippen LogP contribution in [-0.2, 0) is 13.8 Å². The van der Waals surface area contributed by atoms with Crippen LogP contribution in [0.5, 0.6) is 0 Å². The van der Waals surface area contributed by atoms with E-state index in [1.165, 1.54) is 12.7 Å². The van der Waals surface area contributed by atoms with E-state index in [1.807, 2.05) is 0 Å². The number of hydrogen-bond donors (Lipinski definition) is 4. The zero-order chi connectivity index (χ0) is 15.9. The Hall–Kier alpha value is -1.62. The fourth-order valence-electron chi connectivity index (χ4n) is 2.29. The van der Waals surface area contributed by atoms with Gasteiger partial charge in [-0.2, -0.15) is 0 Å². The molecular weight excluding hydrogens is 317 g/mol. The molecule has 11 nitrogen and oxygen atoms in total. The number of phosphoric acid groups is 1. The van der Waals surface area contributed by atoms with E-state index < -0.39 is 32.9 Å². The van der Waals surface area contributed by atoms with Gasteiger partial charge in [-0.3, -0.25) is 9.09 Å². The second-order valence-electron chi connectivity index (χ2n) is 4.80. The van der Waals surface area contributed by atoms with Crippen LogP contribution in [0.25, 0.3) is 11.2 Å². The molecule has 5 N–H and O–H groups in total. The molecule has 0 amide bonds. The Balaban J connectivity index is 1.78. The van der Waals surface area contributed by atoms with E-state index in [0.717, 1.165) is 0 Å². The second kappa shape index (κ2) is 5.54. The number of nitrogens with zero attached hydrogens (tertiary/aromatic N) is 4. The van der Waals surface area contributed by atoms with Gasteiger partial charge < -0.3 is 25.4 Å². The van der Waals surface area contributed by atoms with Crippen molar-refractivity contribution in [2.75, 3.05) is 12.3 Å². The Labute approximate surface area is 124 Å². The number of hydrogen-bond acceptors (Lipinski definition) is 8. The summed E-state index contributed by atoms with van der Waals surface area (Å²) in [7, 11) is -4.62. The van der Waals surface area contributed by atoms with Gasteiger partial charge in [-0.05, 0) is 0 Å². The number of nitrogens with two attached hydrogens (primary N) is 1. The molecule has 0 spiro atoms. The normalized spacial score (nSPS) is 25.9. The molecule has 1 aliphatic heterocycles. The van der Waals surface area contributed by atoms with Crippen LogP contribution in [0.2, 0.25) is 0 Å². The SMILES string of the molecule is Nc1ncnc2c1ncn2[C@@H]1C[C@H](O)[C@H](COP(=O)(O)O)O1. The van der Waals surface area contributed by atoms with Crippen LogP contribution in [-0.4, -0.2) is 53.2 Å². The lowest BCUT2D eigenvalue weighted by Crippen LogP contribution is -2.25. The number of anilines is 1. The number of fused-ring (bicyclic) bond motifs is 1. The van der Waals surface area contributed by atoms with Crippen molar-refractivity contribution < 1.29 is 28.7 Å². The van der Waals surface area contributed by atoms with Crippen molar-refractivity contribution >= 4 is 24.8 Å². The zero-order valence-electron chi connectivity index (χ0n) is 11.2. The smallest absolute Gasteiger partial charge is 0.390 e. The summed E-state index contributed by atoms with van der Waals surface area (Å²) in [5, 5.41) is 9.93. The maximum Gasteiger partial charge on any atom is 0.469 e. The minimum absolute atomic E-state index is 0.199. The maximum absolute atomic E-state index is 10.7. The largest absolute Gasteiger partial charge is 0.469 e. The lowest BCUT2D eigenvalue weighted by molar-refractivity contribution is -0.0424. The van der Waals surface area contributed by atoms with Crippen molar-refractivity contribution in [1.82, 2.24) is 19.5 Å². The van der Waals surface area contributed by atoms with Crippen LogP contribution in [0.4, 0.5) is 5.82 Å². The van der Waals surface area contributed by atoms with E-state index in [1.54, 1.807) is 4.57 Å². The van der Waals surface area contributed by atoms with Crippen LogP contribution in [0, 0.1) is 0 Å². The lowest BCUT2D eigenvalue weighted by atomic mass is 10.2. The molecule has 3 rings (SSSR count). The van der Waals surface area contributed by atoms with Crippen molar-refractivity contribution in [3.63, 3.8) is 0 Å². The molecule has 12 heteroatoms. The lowest BCUT2D eigenvalue weighted by Gasteiger charge is -2.16. The number of nitrogen functional groups attached to an aromatic ring is 1. The summed E-state index contributed by atoms with van der Waals surface area (Å²) in [4.78, 5) is 29.4. The second-order valence-corrected chi connectivity index (χ2v) is 6.04. The minimum atomic E-state index is -4.62. The van der Waals surface area contributed by atoms with Crippen LogP contribution in [0.1, 0.15) is 12.6 Å². The van der Waals surface area contributed by atoms with Gasteiger partial charge in [-0.25, -0.2) is 19.5 Å². The predicted molar refractivity (Wildman–Crippen MR) is 72.3 cm³/mol. The van der Waals surface area contributed by atoms with Gasteiger partial charge >= 0.3 is 7.82 Å². The molecule has 0 bridgehead atoms. The molecule has 2 aromatic heterocycles. The van der Waals surface area contributed by atoms with Crippen LogP contribution in [0.15, 0.2) is 12.7 Å². The molecule has 1 fully saturated rings. The Morgan fingerprint density at radius 1 is 1.45 bits per heavy atom. The molecule has 0 saturated carbocycles. The molecule has 2 aromatic rings. The molecule has 22 heavy (non-hydrogen) atoms. The van der Waals surface area contributed by atoms with Crippen LogP contribution < -0.4 is 5.73 Å². The van der Waals surface area contributed by atoms with E-state index in [4.69, 9.17) is 20.3 Å². The summed E-state index contributed by atoms with van der Waals surface area (Å²) >= 11 is 0. The van der Waals surface area contributed by atoms with Crippen molar-refractivity contribution in [1.29, 1.82) is 0 Å². The van der Waals surface area contributed by atoms with Gasteiger partial charge in [0, 0.05) is 6.42 Å². The molecule has 1 aliphatic rings. The third-order valence-corrected chi connectivity index (χ3v) is 3.79. The molecule has 0 unspecified atom stereocenters. The number of aliphatic hydroxyl groups is 1. The number of aliphatic hydroxyl groups excluding tert-OH is 1. The topological polar surface area (TPSA) is 166 Å². The van der Waals surface area contributed by atoms with Gasteiger partial charge in [0.05, 0.1) is 19.0 Å². The molecule has 0 aromatic carbocycles. The predicted octanol–water partition coefficient (Wildman–Crippen LogP) is -0.834. The highest BCUT2D eigenvalue weighted by Crippen LogP contribution is 2.38. The van der Waals surface area contributed by atoms with Crippen molar-refractivity contribution in [3.05, 3.63) is 12.7 Å². The molecule has 0 aliphatic carbocycles. The molecule has 120 valence electrons. The monoisotopic (exact) mass is 331 g/mol. The Morgan fingerprint density at radius 3 is 2.95 bits per heavy atom. The van der Waals surface area contributed by atoms with Crippen LogP contribution >= 0.6 is 7.82 Å². The standard InChI is InChI=1S/C10H14N5O6P/c11-9-8-10(13-3-12-9)15(4-14-8)7-1-5(16)6(21-7)2-20-22(17,18)19/h3-7,16H,1-2H2,(H2,11,12,13)(H2,17,18,19)/t5-,6-,7-/m0/s1. The molecule has 3 heterocycles. The van der Waals surface area contributed by atoms with Crippen LogP contribution in [0.3, 0.4) is 0 Å². The minimum Gasteiger partial charge on any atom is -0.390 e. The number of rotatable bonds is 4. The Morgan fingerprint density at radius 2 is 2.23 bits per heavy atom. The zero-order valence-corrected chi connectivity index (χ0v) is 12.1. The Kier molecular flexibility index (Phi) is 3.85. The highest BCUT2D eigenvalue weighted by atomic mass is 31.2. The van der Waals surface area contributed by atoms with Gasteiger partial charge in [-0.15, -0.1) is 0 Å². The first kappa shape index (κ1) is 15.3. The highest BCUT2D eigenvalue weighted by Gasteiger charge is 2.37. The van der Waals surface area contributed by atoms with Gasteiger partial charge in [0.2, 0.25) is 0 Å². The van der Waals surface area contributed by atoms with Gasteiger partial charge in [0.25, 0.3) is 0 Å². The van der Waals surface area contributed by atoms with Crippen molar-refractivity contribution in [3.8, 4) is 0 Å². The summed E-state index contributed by atoms with van der Waals surface area (Å²) in [5.74, 6) is 0.226. The highest BCUT2D eigenvalue weighted by molar-refractivity contribution is 7.46. The summed E-state index contributed by atoms with van der Waals surface area (Å²) in [6.07, 6.45) is 0.543. The third-order valence-electron chi connectivity index (χ3n) is 3.31.